The highest BCUT2D eigenvalue weighted by Gasteiger charge is 2.40. The summed E-state index contributed by atoms with van der Waals surface area (Å²) >= 11 is 0. The van der Waals surface area contributed by atoms with Crippen molar-refractivity contribution in [1.29, 1.82) is 0 Å². The number of rotatable bonds is 3. The first kappa shape index (κ1) is 16.5. The number of hydrogen-bond acceptors (Lipinski definition) is 4. The molecule has 0 N–H and O–H groups in total. The van der Waals surface area contributed by atoms with Gasteiger partial charge in [-0.25, -0.2) is 9.97 Å². The number of benzene rings is 1. The van der Waals surface area contributed by atoms with E-state index in [4.69, 9.17) is 4.74 Å². The Balaban J connectivity index is 1.49. The van der Waals surface area contributed by atoms with Gasteiger partial charge in [-0.15, -0.1) is 0 Å². The Hall–Kier alpha value is -1.94. The summed E-state index contributed by atoms with van der Waals surface area (Å²) in [7, 11) is 2.23. The van der Waals surface area contributed by atoms with Gasteiger partial charge in [-0.3, -0.25) is 0 Å². The van der Waals surface area contributed by atoms with E-state index < -0.39 is 0 Å². The summed E-state index contributed by atoms with van der Waals surface area (Å²) in [6.07, 6.45) is 4.18. The molecule has 1 aromatic carbocycles. The Morgan fingerprint density at radius 2 is 1.72 bits per heavy atom. The lowest BCUT2D eigenvalue weighted by Crippen LogP contribution is -2.36. The molecule has 4 rings (SSSR count). The minimum Gasteiger partial charge on any atom is -0.490 e. The molecule has 2 aromatic rings. The van der Waals surface area contributed by atoms with E-state index in [9.17, 15) is 0 Å². The SMILES string of the molecule is Cc1cc(C)nc(-c2ccc(OC3CCCC4CN(C)CC43)cc2)n1. The van der Waals surface area contributed by atoms with Crippen LogP contribution >= 0.6 is 0 Å². The average Bonchev–Trinajstić information content (AvgIpc) is 2.96. The summed E-state index contributed by atoms with van der Waals surface area (Å²) in [6, 6.07) is 10.3. The number of likely N-dealkylation sites (tertiary alicyclic amines) is 1. The lowest BCUT2D eigenvalue weighted by molar-refractivity contribution is 0.0764. The summed E-state index contributed by atoms with van der Waals surface area (Å²) < 4.78 is 6.39. The Morgan fingerprint density at radius 3 is 2.44 bits per heavy atom. The van der Waals surface area contributed by atoms with Crippen LogP contribution in [0, 0.1) is 25.7 Å². The van der Waals surface area contributed by atoms with Crippen LogP contribution in [0.1, 0.15) is 30.7 Å². The van der Waals surface area contributed by atoms with Crippen molar-refractivity contribution in [3.8, 4) is 17.1 Å². The van der Waals surface area contributed by atoms with Crippen LogP contribution < -0.4 is 4.74 Å². The molecule has 1 saturated carbocycles. The fraction of sp³-hybridized carbons (Fsp3) is 0.524. The van der Waals surface area contributed by atoms with E-state index in [2.05, 4.69) is 46.2 Å². The summed E-state index contributed by atoms with van der Waals surface area (Å²) in [6.45, 7) is 6.42. The van der Waals surface area contributed by atoms with Crippen LogP contribution in [-0.2, 0) is 0 Å². The van der Waals surface area contributed by atoms with E-state index >= 15 is 0 Å². The Labute approximate surface area is 150 Å². The summed E-state index contributed by atoms with van der Waals surface area (Å²) in [5.41, 5.74) is 3.05. The molecule has 1 aromatic heterocycles. The van der Waals surface area contributed by atoms with Crippen LogP contribution in [0.25, 0.3) is 11.4 Å². The highest BCUT2D eigenvalue weighted by Crippen LogP contribution is 2.38. The van der Waals surface area contributed by atoms with Gasteiger partial charge in [0, 0.05) is 36.0 Å². The second kappa shape index (κ2) is 6.75. The molecule has 3 unspecified atom stereocenters. The molecule has 25 heavy (non-hydrogen) atoms. The molecular formula is C21H27N3O. The minimum absolute atomic E-state index is 0.354. The van der Waals surface area contributed by atoms with Crippen molar-refractivity contribution < 1.29 is 4.74 Å². The molecule has 0 spiro atoms. The van der Waals surface area contributed by atoms with Gasteiger partial charge in [-0.2, -0.15) is 0 Å². The molecule has 1 saturated heterocycles. The predicted molar refractivity (Wildman–Crippen MR) is 99.7 cm³/mol. The van der Waals surface area contributed by atoms with Gasteiger partial charge < -0.3 is 9.64 Å². The maximum absolute atomic E-state index is 6.39. The van der Waals surface area contributed by atoms with Crippen LogP contribution in [0.15, 0.2) is 30.3 Å². The van der Waals surface area contributed by atoms with Crippen molar-refractivity contribution in [3.05, 3.63) is 41.7 Å². The van der Waals surface area contributed by atoms with Crippen molar-refractivity contribution in [2.75, 3.05) is 20.1 Å². The van der Waals surface area contributed by atoms with Gasteiger partial charge in [0.1, 0.15) is 11.9 Å². The van der Waals surface area contributed by atoms with Crippen LogP contribution in [0.3, 0.4) is 0 Å². The minimum atomic E-state index is 0.354. The maximum atomic E-state index is 6.39. The number of aromatic nitrogens is 2. The third kappa shape index (κ3) is 3.54. The van der Waals surface area contributed by atoms with Gasteiger partial charge in [0.2, 0.25) is 0 Å². The zero-order valence-electron chi connectivity index (χ0n) is 15.4. The fourth-order valence-corrected chi connectivity index (χ4v) is 4.50. The van der Waals surface area contributed by atoms with Crippen molar-refractivity contribution >= 4 is 0 Å². The Morgan fingerprint density at radius 1 is 1.00 bits per heavy atom. The van der Waals surface area contributed by atoms with E-state index in [0.717, 1.165) is 34.4 Å². The molecule has 1 aliphatic heterocycles. The maximum Gasteiger partial charge on any atom is 0.159 e. The van der Waals surface area contributed by atoms with Crippen LogP contribution in [0.5, 0.6) is 5.75 Å². The molecule has 0 bridgehead atoms. The van der Waals surface area contributed by atoms with Gasteiger partial charge in [0.15, 0.2) is 5.82 Å². The zero-order valence-corrected chi connectivity index (χ0v) is 15.4. The van der Waals surface area contributed by atoms with Crippen molar-refractivity contribution in [3.63, 3.8) is 0 Å². The number of ether oxygens (including phenoxy) is 1. The average molecular weight is 337 g/mol. The lowest BCUT2D eigenvalue weighted by Gasteiger charge is -2.33. The van der Waals surface area contributed by atoms with Gasteiger partial charge in [-0.1, -0.05) is 0 Å². The summed E-state index contributed by atoms with van der Waals surface area (Å²) in [4.78, 5) is 11.5. The van der Waals surface area contributed by atoms with E-state index in [1.165, 1.54) is 32.4 Å². The van der Waals surface area contributed by atoms with Crippen molar-refractivity contribution in [2.45, 2.75) is 39.2 Å². The second-order valence-electron chi connectivity index (χ2n) is 7.73. The zero-order chi connectivity index (χ0) is 17.4. The third-order valence-corrected chi connectivity index (χ3v) is 5.60. The van der Waals surface area contributed by atoms with Crippen LogP contribution in [-0.4, -0.2) is 41.1 Å². The predicted octanol–water partition coefficient (Wildman–Crippen LogP) is 3.87. The molecule has 0 amide bonds. The molecule has 4 heteroatoms. The molecule has 2 fully saturated rings. The van der Waals surface area contributed by atoms with Gasteiger partial charge >= 0.3 is 0 Å². The first-order chi connectivity index (χ1) is 12.1. The molecule has 2 aliphatic rings. The quantitative estimate of drug-likeness (QED) is 0.852. The summed E-state index contributed by atoms with van der Waals surface area (Å²) in [5.74, 6) is 3.25. The summed E-state index contributed by atoms with van der Waals surface area (Å²) in [5, 5.41) is 0. The monoisotopic (exact) mass is 337 g/mol. The van der Waals surface area contributed by atoms with Crippen molar-refractivity contribution in [2.24, 2.45) is 11.8 Å². The van der Waals surface area contributed by atoms with Gasteiger partial charge in [0.05, 0.1) is 0 Å². The highest BCUT2D eigenvalue weighted by molar-refractivity contribution is 5.56. The molecule has 0 radical (unpaired) electrons. The topological polar surface area (TPSA) is 38.2 Å². The number of nitrogens with zero attached hydrogens (tertiary/aromatic N) is 3. The van der Waals surface area contributed by atoms with E-state index in [1.54, 1.807) is 0 Å². The van der Waals surface area contributed by atoms with E-state index in [0.29, 0.717) is 12.0 Å². The molecule has 3 atom stereocenters. The first-order valence-electron chi connectivity index (χ1n) is 9.36. The molecular weight excluding hydrogens is 310 g/mol. The van der Waals surface area contributed by atoms with Gasteiger partial charge in [0.25, 0.3) is 0 Å². The highest BCUT2D eigenvalue weighted by atomic mass is 16.5. The van der Waals surface area contributed by atoms with E-state index in [1.807, 2.05) is 19.9 Å². The van der Waals surface area contributed by atoms with Crippen molar-refractivity contribution in [1.82, 2.24) is 14.9 Å². The van der Waals surface area contributed by atoms with Crippen LogP contribution in [0.2, 0.25) is 0 Å². The van der Waals surface area contributed by atoms with Crippen LogP contribution in [0.4, 0.5) is 0 Å². The standard InChI is InChI=1S/C21H27N3O/c1-14-11-15(2)23-21(22-14)16-7-9-18(10-8-16)25-20-6-4-5-17-12-24(3)13-19(17)20/h7-11,17,19-20H,4-6,12-13H2,1-3H3. The lowest BCUT2D eigenvalue weighted by atomic mass is 9.79. The molecule has 1 aliphatic carbocycles. The number of hydrogen-bond donors (Lipinski definition) is 0. The molecule has 2 heterocycles. The second-order valence-corrected chi connectivity index (χ2v) is 7.73. The van der Waals surface area contributed by atoms with E-state index in [-0.39, 0.29) is 0 Å². The normalized spacial score (nSPS) is 26.4. The number of fused-ring (bicyclic) bond motifs is 1. The molecule has 4 nitrogen and oxygen atoms in total. The third-order valence-electron chi connectivity index (χ3n) is 5.60. The fourth-order valence-electron chi connectivity index (χ4n) is 4.50. The smallest absolute Gasteiger partial charge is 0.159 e. The Kier molecular flexibility index (Phi) is 4.46. The Bertz CT molecular complexity index is 723. The molecule has 132 valence electrons. The number of aryl methyl sites for hydroxylation is 2. The first-order valence-corrected chi connectivity index (χ1v) is 9.36. The largest absolute Gasteiger partial charge is 0.490 e. The van der Waals surface area contributed by atoms with Gasteiger partial charge in [-0.05, 0) is 76.4 Å².